The Morgan fingerprint density at radius 2 is 1.71 bits per heavy atom. The van der Waals surface area contributed by atoms with Crippen LogP contribution in [0.1, 0.15) is 73.1 Å². The molecule has 0 aromatic heterocycles. The van der Waals surface area contributed by atoms with E-state index >= 15 is 0 Å². The summed E-state index contributed by atoms with van der Waals surface area (Å²) >= 11 is 0. The summed E-state index contributed by atoms with van der Waals surface area (Å²) in [5.41, 5.74) is 2.04. The van der Waals surface area contributed by atoms with Gasteiger partial charge in [-0.1, -0.05) is 39.7 Å². The van der Waals surface area contributed by atoms with Crippen LogP contribution in [0.2, 0.25) is 0 Å². The van der Waals surface area contributed by atoms with E-state index in [1.165, 1.54) is 44.1 Å². The van der Waals surface area contributed by atoms with Crippen LogP contribution in [0.4, 0.5) is 0 Å². The first kappa shape index (κ1) is 14.8. The second kappa shape index (κ2) is 6.07. The van der Waals surface area contributed by atoms with Crippen molar-refractivity contribution in [3.05, 3.63) is 12.2 Å². The maximum absolute atomic E-state index is 4.03. The van der Waals surface area contributed by atoms with Gasteiger partial charge in [0, 0.05) is 0 Å². The Kier molecular flexibility index (Phi) is 5.28. The summed E-state index contributed by atoms with van der Waals surface area (Å²) in [6.45, 7) is 15.9. The van der Waals surface area contributed by atoms with Gasteiger partial charge in [0.15, 0.2) is 0 Å². The highest BCUT2D eigenvalue weighted by Crippen LogP contribution is 2.51. The maximum Gasteiger partial charge on any atom is -0.0272 e. The molecule has 0 radical (unpaired) electrons. The van der Waals surface area contributed by atoms with Gasteiger partial charge in [0.1, 0.15) is 0 Å². The zero-order chi connectivity index (χ0) is 13.1. The molecule has 0 N–H and O–H groups in total. The van der Waals surface area contributed by atoms with Crippen molar-refractivity contribution in [3.8, 4) is 0 Å². The van der Waals surface area contributed by atoms with Gasteiger partial charge < -0.3 is 0 Å². The van der Waals surface area contributed by atoms with E-state index in [4.69, 9.17) is 0 Å². The first-order valence-corrected chi connectivity index (χ1v) is 7.50. The molecule has 0 nitrogen and oxygen atoms in total. The Balaban J connectivity index is 2.38. The van der Waals surface area contributed by atoms with Crippen molar-refractivity contribution >= 4 is 0 Å². The zero-order valence-electron chi connectivity index (χ0n) is 12.7. The lowest BCUT2D eigenvalue weighted by atomic mass is 9.58. The summed E-state index contributed by atoms with van der Waals surface area (Å²) in [5, 5.41) is 0. The molecular formula is C17H32. The van der Waals surface area contributed by atoms with Crippen molar-refractivity contribution in [2.45, 2.75) is 73.1 Å². The van der Waals surface area contributed by atoms with Gasteiger partial charge in [0.2, 0.25) is 0 Å². The Hall–Kier alpha value is -0.260. The smallest absolute Gasteiger partial charge is 0.0272 e. The van der Waals surface area contributed by atoms with Crippen LogP contribution >= 0.6 is 0 Å². The second-order valence-corrected chi connectivity index (χ2v) is 7.18. The molecule has 0 saturated heterocycles. The van der Waals surface area contributed by atoms with Crippen LogP contribution in [0.5, 0.6) is 0 Å². The van der Waals surface area contributed by atoms with Gasteiger partial charge in [-0.05, 0) is 62.2 Å². The molecule has 0 aromatic rings. The lowest BCUT2D eigenvalue weighted by molar-refractivity contribution is 0.0358. The van der Waals surface area contributed by atoms with E-state index in [1.807, 2.05) is 0 Å². The Labute approximate surface area is 109 Å². The van der Waals surface area contributed by atoms with Gasteiger partial charge in [0.05, 0.1) is 0 Å². The lowest BCUT2D eigenvalue weighted by Crippen LogP contribution is -2.36. The molecule has 100 valence electrons. The Morgan fingerprint density at radius 1 is 1.12 bits per heavy atom. The van der Waals surface area contributed by atoms with Crippen LogP contribution < -0.4 is 0 Å². The molecule has 2 atom stereocenters. The van der Waals surface area contributed by atoms with Gasteiger partial charge >= 0.3 is 0 Å². The molecular weight excluding hydrogens is 204 g/mol. The van der Waals surface area contributed by atoms with Gasteiger partial charge in [-0.2, -0.15) is 0 Å². The van der Waals surface area contributed by atoms with Crippen molar-refractivity contribution in [2.75, 3.05) is 0 Å². The van der Waals surface area contributed by atoms with Gasteiger partial charge in [-0.25, -0.2) is 0 Å². The minimum atomic E-state index is 0.697. The summed E-state index contributed by atoms with van der Waals surface area (Å²) in [4.78, 5) is 0. The first-order valence-electron chi connectivity index (χ1n) is 7.50. The quantitative estimate of drug-likeness (QED) is 0.488. The highest BCUT2D eigenvalue weighted by molar-refractivity contribution is 4.93. The molecule has 2 unspecified atom stereocenters. The fourth-order valence-electron chi connectivity index (χ4n) is 3.79. The first-order chi connectivity index (χ1) is 7.85. The summed E-state index contributed by atoms with van der Waals surface area (Å²) in [7, 11) is 0. The third-order valence-electron chi connectivity index (χ3n) is 4.83. The lowest BCUT2D eigenvalue weighted by Gasteiger charge is -2.47. The number of hydrogen-bond acceptors (Lipinski definition) is 0. The second-order valence-electron chi connectivity index (χ2n) is 7.18. The van der Waals surface area contributed by atoms with Crippen LogP contribution in [0.3, 0.4) is 0 Å². The average Bonchev–Trinajstić information content (AvgIpc) is 2.08. The van der Waals surface area contributed by atoms with E-state index in [9.17, 15) is 0 Å². The Morgan fingerprint density at radius 3 is 2.06 bits per heavy atom. The molecule has 0 aliphatic heterocycles. The van der Waals surface area contributed by atoms with Crippen molar-refractivity contribution in [2.24, 2.45) is 23.2 Å². The van der Waals surface area contributed by atoms with Crippen LogP contribution in [-0.4, -0.2) is 0 Å². The summed E-state index contributed by atoms with van der Waals surface area (Å²) in [6, 6.07) is 0. The van der Waals surface area contributed by atoms with Gasteiger partial charge in [0.25, 0.3) is 0 Å². The fourth-order valence-corrected chi connectivity index (χ4v) is 3.79. The predicted molar refractivity (Wildman–Crippen MR) is 78.1 cm³/mol. The summed E-state index contributed by atoms with van der Waals surface area (Å²) < 4.78 is 0. The minimum absolute atomic E-state index is 0.697. The van der Waals surface area contributed by atoms with E-state index < -0.39 is 0 Å². The molecule has 0 spiro atoms. The number of rotatable bonds is 7. The van der Waals surface area contributed by atoms with Crippen molar-refractivity contribution in [1.29, 1.82) is 0 Å². The molecule has 1 rings (SSSR count). The fraction of sp³-hybridized carbons (Fsp3) is 0.882. The van der Waals surface area contributed by atoms with E-state index in [-0.39, 0.29) is 0 Å². The standard InChI is InChI=1S/C17H32/c1-13(2)10-15(5)11-16(6)12-17(14(3)4)8-7-9-17/h14-16H,1,7-12H2,2-6H3. The van der Waals surface area contributed by atoms with Gasteiger partial charge in [-0.15, -0.1) is 6.58 Å². The van der Waals surface area contributed by atoms with Gasteiger partial charge in [-0.3, -0.25) is 0 Å². The zero-order valence-corrected chi connectivity index (χ0v) is 12.7. The van der Waals surface area contributed by atoms with E-state index in [0.29, 0.717) is 5.41 Å². The average molecular weight is 236 g/mol. The van der Waals surface area contributed by atoms with Crippen LogP contribution in [-0.2, 0) is 0 Å². The normalized spacial score (nSPS) is 22.0. The van der Waals surface area contributed by atoms with Crippen molar-refractivity contribution in [1.82, 2.24) is 0 Å². The molecule has 0 aromatic carbocycles. The molecule has 1 saturated carbocycles. The molecule has 0 heteroatoms. The van der Waals surface area contributed by atoms with E-state index in [0.717, 1.165) is 17.8 Å². The van der Waals surface area contributed by atoms with Crippen molar-refractivity contribution < 1.29 is 0 Å². The van der Waals surface area contributed by atoms with E-state index in [1.54, 1.807) is 0 Å². The Bertz CT molecular complexity index is 245. The molecule has 0 heterocycles. The molecule has 1 aliphatic carbocycles. The minimum Gasteiger partial charge on any atom is -0.100 e. The van der Waals surface area contributed by atoms with E-state index in [2.05, 4.69) is 41.2 Å². The molecule has 1 aliphatic rings. The maximum atomic E-state index is 4.03. The predicted octanol–water partition coefficient (Wildman–Crippen LogP) is 5.83. The third kappa shape index (κ3) is 4.16. The largest absolute Gasteiger partial charge is 0.100 e. The molecule has 1 fully saturated rings. The SMILES string of the molecule is C=C(C)CC(C)CC(C)CC1(C(C)C)CCC1. The summed E-state index contributed by atoms with van der Waals surface area (Å²) in [5.74, 6) is 2.56. The monoisotopic (exact) mass is 236 g/mol. The molecule has 0 bridgehead atoms. The van der Waals surface area contributed by atoms with Crippen LogP contribution in [0.15, 0.2) is 12.2 Å². The third-order valence-corrected chi connectivity index (χ3v) is 4.83. The number of allylic oxidation sites excluding steroid dienone is 1. The van der Waals surface area contributed by atoms with Crippen LogP contribution in [0.25, 0.3) is 0 Å². The topological polar surface area (TPSA) is 0 Å². The number of hydrogen-bond donors (Lipinski definition) is 0. The molecule has 0 amide bonds. The molecule has 17 heavy (non-hydrogen) atoms. The van der Waals surface area contributed by atoms with Crippen molar-refractivity contribution in [3.63, 3.8) is 0 Å². The highest BCUT2D eigenvalue weighted by atomic mass is 14.5. The summed E-state index contributed by atoms with van der Waals surface area (Å²) in [6.07, 6.45) is 8.45. The van der Waals surface area contributed by atoms with Crippen LogP contribution in [0, 0.1) is 23.2 Å². The highest BCUT2D eigenvalue weighted by Gasteiger charge is 2.40.